The van der Waals surface area contributed by atoms with E-state index in [0.29, 0.717) is 16.8 Å². The Morgan fingerprint density at radius 1 is 1.33 bits per heavy atom. The van der Waals surface area contributed by atoms with Gasteiger partial charge >= 0.3 is 5.97 Å². The van der Waals surface area contributed by atoms with Crippen molar-refractivity contribution >= 4 is 17.1 Å². The fourth-order valence-electron chi connectivity index (χ4n) is 2.05. The molecule has 0 saturated carbocycles. The summed E-state index contributed by atoms with van der Waals surface area (Å²) in [5.74, 6) is -1.26. The van der Waals surface area contributed by atoms with E-state index in [1.165, 1.54) is 37.4 Å². The molecule has 106 valence electrons. The Morgan fingerprint density at radius 2 is 2.14 bits per heavy atom. The summed E-state index contributed by atoms with van der Waals surface area (Å²) in [6.07, 6.45) is 0. The first-order valence-corrected chi connectivity index (χ1v) is 6.07. The molecule has 0 aliphatic carbocycles. The maximum absolute atomic E-state index is 14.0. The van der Waals surface area contributed by atoms with Gasteiger partial charge in [0.15, 0.2) is 5.58 Å². The van der Waals surface area contributed by atoms with Gasteiger partial charge in [-0.15, -0.1) is 0 Å². The molecule has 21 heavy (non-hydrogen) atoms. The lowest BCUT2D eigenvalue weighted by molar-refractivity contribution is 0.0697. The topological polar surface area (TPSA) is 72.6 Å². The van der Waals surface area contributed by atoms with Crippen molar-refractivity contribution < 1.29 is 23.4 Å². The minimum absolute atomic E-state index is 0.0440. The Kier molecular flexibility index (Phi) is 3.06. The molecule has 0 fully saturated rings. The highest BCUT2D eigenvalue weighted by molar-refractivity contribution is 5.92. The first-order chi connectivity index (χ1) is 10.1. The van der Waals surface area contributed by atoms with Crippen molar-refractivity contribution in [1.82, 2.24) is 4.98 Å². The van der Waals surface area contributed by atoms with Crippen LogP contribution in [0.1, 0.15) is 10.4 Å². The predicted molar refractivity (Wildman–Crippen MR) is 72.9 cm³/mol. The van der Waals surface area contributed by atoms with E-state index < -0.39 is 11.8 Å². The number of aromatic nitrogens is 1. The third kappa shape index (κ3) is 2.20. The molecule has 0 aliphatic heterocycles. The number of fused-ring (bicyclic) bond motifs is 1. The highest BCUT2D eigenvalue weighted by atomic mass is 19.1. The van der Waals surface area contributed by atoms with Crippen LogP contribution in [0.4, 0.5) is 4.39 Å². The monoisotopic (exact) mass is 287 g/mol. The Morgan fingerprint density at radius 3 is 2.86 bits per heavy atom. The Bertz CT molecular complexity index is 841. The molecule has 0 saturated heterocycles. The number of hydrogen-bond donors (Lipinski definition) is 1. The second-order valence-corrected chi connectivity index (χ2v) is 4.32. The van der Waals surface area contributed by atoms with Gasteiger partial charge in [-0.1, -0.05) is 6.07 Å². The first kappa shape index (κ1) is 13.1. The third-order valence-electron chi connectivity index (χ3n) is 3.04. The minimum atomic E-state index is -1.06. The van der Waals surface area contributed by atoms with Crippen LogP contribution in [0, 0.1) is 5.82 Å². The van der Waals surface area contributed by atoms with Gasteiger partial charge in [-0.2, -0.15) is 0 Å². The highest BCUT2D eigenvalue weighted by Crippen LogP contribution is 2.33. The van der Waals surface area contributed by atoms with Gasteiger partial charge in [0.05, 0.1) is 12.7 Å². The fourth-order valence-corrected chi connectivity index (χ4v) is 2.05. The molecule has 3 rings (SSSR count). The maximum Gasteiger partial charge on any atom is 0.335 e. The molecule has 6 heteroatoms. The summed E-state index contributed by atoms with van der Waals surface area (Å²) in [6.45, 7) is 0. The van der Waals surface area contributed by atoms with Crippen LogP contribution in [0.2, 0.25) is 0 Å². The molecule has 1 N–H and O–H groups in total. The summed E-state index contributed by atoms with van der Waals surface area (Å²) in [5, 5.41) is 8.96. The van der Waals surface area contributed by atoms with Gasteiger partial charge in [0, 0.05) is 0 Å². The largest absolute Gasteiger partial charge is 0.496 e. The minimum Gasteiger partial charge on any atom is -0.496 e. The molecule has 1 aromatic heterocycles. The van der Waals surface area contributed by atoms with Crippen molar-refractivity contribution in [2.75, 3.05) is 7.11 Å². The average molecular weight is 287 g/mol. The van der Waals surface area contributed by atoms with E-state index in [1.807, 2.05) is 0 Å². The lowest BCUT2D eigenvalue weighted by Gasteiger charge is -2.05. The molecule has 0 amide bonds. The molecular weight excluding hydrogens is 277 g/mol. The van der Waals surface area contributed by atoms with Crippen LogP contribution in [-0.4, -0.2) is 23.2 Å². The van der Waals surface area contributed by atoms with Crippen LogP contribution < -0.4 is 4.74 Å². The Hall–Kier alpha value is -2.89. The van der Waals surface area contributed by atoms with Crippen molar-refractivity contribution in [2.24, 2.45) is 0 Å². The van der Waals surface area contributed by atoms with Gasteiger partial charge in [0.2, 0.25) is 5.89 Å². The standard InChI is InChI=1S/C15H10FNO4/c1-20-12-4-2-3-9(16)13(12)14-17-10-7-8(15(18)19)5-6-11(10)21-14/h2-7H,1H3,(H,18,19). The zero-order valence-electron chi connectivity index (χ0n) is 11.0. The molecule has 0 atom stereocenters. The number of ether oxygens (including phenoxy) is 1. The number of carboxylic acids is 1. The van der Waals surface area contributed by atoms with E-state index in [-0.39, 0.29) is 17.0 Å². The van der Waals surface area contributed by atoms with Gasteiger partial charge in [-0.05, 0) is 30.3 Å². The molecule has 0 aliphatic rings. The number of hydrogen-bond acceptors (Lipinski definition) is 4. The molecule has 0 bridgehead atoms. The van der Waals surface area contributed by atoms with Crippen LogP contribution in [0.3, 0.4) is 0 Å². The van der Waals surface area contributed by atoms with E-state index in [2.05, 4.69) is 4.98 Å². The quantitative estimate of drug-likeness (QED) is 0.799. The number of halogens is 1. The molecule has 2 aromatic carbocycles. The molecule has 3 aromatic rings. The number of nitrogens with zero attached hydrogens (tertiary/aromatic N) is 1. The number of rotatable bonds is 3. The normalized spacial score (nSPS) is 10.8. The van der Waals surface area contributed by atoms with Crippen molar-refractivity contribution in [3.05, 3.63) is 47.8 Å². The van der Waals surface area contributed by atoms with Crippen molar-refractivity contribution in [1.29, 1.82) is 0 Å². The molecule has 5 nitrogen and oxygen atoms in total. The van der Waals surface area contributed by atoms with E-state index in [0.717, 1.165) is 0 Å². The summed E-state index contributed by atoms with van der Waals surface area (Å²) >= 11 is 0. The fraction of sp³-hybridized carbons (Fsp3) is 0.0667. The number of carbonyl (C=O) groups is 1. The molecule has 0 unspecified atom stereocenters. The lowest BCUT2D eigenvalue weighted by atomic mass is 10.2. The summed E-state index contributed by atoms with van der Waals surface area (Å²) in [6, 6.07) is 8.65. The Labute approximate surface area is 118 Å². The van der Waals surface area contributed by atoms with Gasteiger partial charge in [-0.3, -0.25) is 0 Å². The zero-order valence-corrected chi connectivity index (χ0v) is 11.0. The molecule has 1 heterocycles. The number of methoxy groups -OCH3 is 1. The molecular formula is C15H10FNO4. The maximum atomic E-state index is 14.0. The molecule has 0 radical (unpaired) electrons. The second kappa shape index (κ2) is 4.90. The highest BCUT2D eigenvalue weighted by Gasteiger charge is 2.18. The van der Waals surface area contributed by atoms with Crippen LogP contribution in [0.5, 0.6) is 5.75 Å². The third-order valence-corrected chi connectivity index (χ3v) is 3.04. The van der Waals surface area contributed by atoms with Gasteiger partial charge < -0.3 is 14.3 Å². The van der Waals surface area contributed by atoms with Crippen molar-refractivity contribution in [3.63, 3.8) is 0 Å². The van der Waals surface area contributed by atoms with Gasteiger partial charge in [0.1, 0.15) is 22.6 Å². The summed E-state index contributed by atoms with van der Waals surface area (Å²) in [4.78, 5) is 15.1. The van der Waals surface area contributed by atoms with Crippen LogP contribution in [0.15, 0.2) is 40.8 Å². The van der Waals surface area contributed by atoms with Gasteiger partial charge in [0.25, 0.3) is 0 Å². The molecule has 0 spiro atoms. The van der Waals surface area contributed by atoms with Crippen LogP contribution in [-0.2, 0) is 0 Å². The van der Waals surface area contributed by atoms with E-state index in [4.69, 9.17) is 14.3 Å². The zero-order chi connectivity index (χ0) is 15.0. The number of carboxylic acid groups (broad SMARTS) is 1. The number of oxazole rings is 1. The van der Waals surface area contributed by atoms with Crippen molar-refractivity contribution in [2.45, 2.75) is 0 Å². The number of aromatic carboxylic acids is 1. The summed E-state index contributed by atoms with van der Waals surface area (Å²) in [7, 11) is 1.42. The lowest BCUT2D eigenvalue weighted by Crippen LogP contribution is -1.94. The van der Waals surface area contributed by atoms with Gasteiger partial charge in [-0.25, -0.2) is 14.2 Å². The number of benzene rings is 2. The van der Waals surface area contributed by atoms with Crippen LogP contribution >= 0.6 is 0 Å². The van der Waals surface area contributed by atoms with E-state index >= 15 is 0 Å². The van der Waals surface area contributed by atoms with Crippen LogP contribution in [0.25, 0.3) is 22.6 Å². The predicted octanol–water partition coefficient (Wildman–Crippen LogP) is 3.34. The van der Waals surface area contributed by atoms with Crippen molar-refractivity contribution in [3.8, 4) is 17.2 Å². The first-order valence-electron chi connectivity index (χ1n) is 6.07. The van der Waals surface area contributed by atoms with E-state index in [9.17, 15) is 9.18 Å². The Balaban J connectivity index is 2.20. The summed E-state index contributed by atoms with van der Waals surface area (Å²) < 4.78 is 24.6. The SMILES string of the molecule is COc1cccc(F)c1-c1nc2cc(C(=O)O)ccc2o1. The smallest absolute Gasteiger partial charge is 0.335 e. The van der Waals surface area contributed by atoms with E-state index in [1.54, 1.807) is 6.07 Å². The second-order valence-electron chi connectivity index (χ2n) is 4.32. The average Bonchev–Trinajstić information content (AvgIpc) is 2.88. The summed E-state index contributed by atoms with van der Waals surface area (Å²) in [5.41, 5.74) is 0.909.